The highest BCUT2D eigenvalue weighted by Crippen LogP contribution is 2.15. The molecule has 0 unspecified atom stereocenters. The summed E-state index contributed by atoms with van der Waals surface area (Å²) in [6.07, 6.45) is 3.43. The number of hydrogen-bond donors (Lipinski definition) is 1. The molecule has 0 atom stereocenters. The number of aryl methyl sites for hydroxylation is 1. The number of halogens is 1. The van der Waals surface area contributed by atoms with E-state index in [2.05, 4.69) is 10.3 Å². The largest absolute Gasteiger partial charge is 0.381 e. The number of nitrogens with zero attached hydrogens (tertiary/aromatic N) is 2. The number of anilines is 1. The lowest BCUT2D eigenvalue weighted by Gasteiger charge is -2.09. The molecule has 1 aromatic carbocycles. The van der Waals surface area contributed by atoms with Crippen LogP contribution < -0.4 is 5.32 Å². The molecule has 1 heterocycles. The normalized spacial score (nSPS) is 9.83. The molecule has 0 fully saturated rings. The van der Waals surface area contributed by atoms with E-state index in [4.69, 9.17) is 5.26 Å². The molecule has 18 heavy (non-hydrogen) atoms. The lowest BCUT2D eigenvalue weighted by molar-refractivity contribution is 0.612. The number of benzene rings is 1. The predicted octanol–water partition coefficient (Wildman–Crippen LogP) is 3.01. The molecular weight excluding hydrogens is 229 g/mol. The molecule has 3 nitrogen and oxygen atoms in total. The van der Waals surface area contributed by atoms with Crippen molar-refractivity contribution >= 4 is 5.69 Å². The lowest BCUT2D eigenvalue weighted by atomic mass is 10.1. The fraction of sp³-hybridized carbons (Fsp3) is 0.143. The van der Waals surface area contributed by atoms with Crippen LogP contribution in [0.5, 0.6) is 0 Å². The fourth-order valence-corrected chi connectivity index (χ4v) is 1.62. The van der Waals surface area contributed by atoms with Crippen LogP contribution in [0.25, 0.3) is 0 Å². The van der Waals surface area contributed by atoms with Crippen molar-refractivity contribution in [2.24, 2.45) is 0 Å². The Morgan fingerprint density at radius 1 is 1.39 bits per heavy atom. The lowest BCUT2D eigenvalue weighted by Crippen LogP contribution is -2.03. The number of aromatic nitrogens is 1. The first-order chi connectivity index (χ1) is 8.70. The molecule has 0 saturated carbocycles. The Morgan fingerprint density at radius 3 is 2.89 bits per heavy atom. The minimum absolute atomic E-state index is 0.330. The van der Waals surface area contributed by atoms with Crippen LogP contribution in [0.1, 0.15) is 16.7 Å². The summed E-state index contributed by atoms with van der Waals surface area (Å²) in [7, 11) is 0. The van der Waals surface area contributed by atoms with E-state index in [0.29, 0.717) is 17.7 Å². The van der Waals surface area contributed by atoms with Crippen LogP contribution in [0.2, 0.25) is 0 Å². The highest BCUT2D eigenvalue weighted by Gasteiger charge is 2.04. The summed E-state index contributed by atoms with van der Waals surface area (Å²) in [5, 5.41) is 11.8. The fourth-order valence-electron chi connectivity index (χ4n) is 1.62. The van der Waals surface area contributed by atoms with Gasteiger partial charge in [-0.25, -0.2) is 4.39 Å². The summed E-state index contributed by atoms with van der Waals surface area (Å²) >= 11 is 0. The maximum atomic E-state index is 13.6. The van der Waals surface area contributed by atoms with Crippen LogP contribution in [-0.4, -0.2) is 4.98 Å². The number of nitrogens with one attached hydrogen (secondary N) is 1. The van der Waals surface area contributed by atoms with E-state index in [1.165, 1.54) is 6.07 Å². The van der Waals surface area contributed by atoms with Crippen molar-refractivity contribution in [3.63, 3.8) is 0 Å². The Balaban J connectivity index is 2.12. The molecule has 0 spiro atoms. The van der Waals surface area contributed by atoms with Crippen LogP contribution >= 0.6 is 0 Å². The molecule has 0 radical (unpaired) electrons. The number of hydrogen-bond acceptors (Lipinski definition) is 3. The van der Waals surface area contributed by atoms with Crippen molar-refractivity contribution < 1.29 is 4.39 Å². The van der Waals surface area contributed by atoms with Gasteiger partial charge < -0.3 is 5.32 Å². The van der Waals surface area contributed by atoms with Gasteiger partial charge in [0.05, 0.1) is 11.6 Å². The van der Waals surface area contributed by atoms with Crippen molar-refractivity contribution in [2.45, 2.75) is 13.5 Å². The van der Waals surface area contributed by atoms with Crippen LogP contribution in [0.3, 0.4) is 0 Å². The van der Waals surface area contributed by atoms with Crippen molar-refractivity contribution in [1.82, 2.24) is 4.98 Å². The van der Waals surface area contributed by atoms with E-state index in [1.54, 1.807) is 24.5 Å². The van der Waals surface area contributed by atoms with E-state index in [1.807, 2.05) is 19.1 Å². The van der Waals surface area contributed by atoms with E-state index in [9.17, 15) is 4.39 Å². The van der Waals surface area contributed by atoms with E-state index in [-0.39, 0.29) is 5.82 Å². The summed E-state index contributed by atoms with van der Waals surface area (Å²) in [6, 6.07) is 8.23. The average Bonchev–Trinajstić information content (AvgIpc) is 2.39. The summed E-state index contributed by atoms with van der Waals surface area (Å²) in [4.78, 5) is 3.99. The molecule has 0 bridgehead atoms. The van der Waals surface area contributed by atoms with Crippen LogP contribution in [0, 0.1) is 24.1 Å². The quantitative estimate of drug-likeness (QED) is 0.898. The molecule has 90 valence electrons. The SMILES string of the molecule is Cc1cnccc1NCc1ccc(C#N)cc1F. The van der Waals surface area contributed by atoms with Crippen molar-refractivity contribution in [3.8, 4) is 6.07 Å². The van der Waals surface area contributed by atoms with Crippen LogP contribution in [-0.2, 0) is 6.54 Å². The first kappa shape index (κ1) is 12.1. The molecule has 1 aromatic heterocycles. The van der Waals surface area contributed by atoms with Gasteiger partial charge in [0.2, 0.25) is 0 Å². The van der Waals surface area contributed by atoms with Crippen molar-refractivity contribution in [2.75, 3.05) is 5.32 Å². The zero-order chi connectivity index (χ0) is 13.0. The van der Waals surface area contributed by atoms with Gasteiger partial charge in [-0.1, -0.05) is 6.07 Å². The Hall–Kier alpha value is -2.41. The molecule has 0 amide bonds. The Bertz CT molecular complexity index is 602. The van der Waals surface area contributed by atoms with Gasteiger partial charge in [-0.2, -0.15) is 5.26 Å². The third-order valence-corrected chi connectivity index (χ3v) is 2.67. The maximum Gasteiger partial charge on any atom is 0.129 e. The maximum absolute atomic E-state index is 13.6. The molecule has 4 heteroatoms. The third-order valence-electron chi connectivity index (χ3n) is 2.67. The van der Waals surface area contributed by atoms with Crippen molar-refractivity contribution in [3.05, 3.63) is 59.2 Å². The third kappa shape index (κ3) is 2.64. The Labute approximate surface area is 105 Å². The smallest absolute Gasteiger partial charge is 0.129 e. The Kier molecular flexibility index (Phi) is 3.54. The number of rotatable bonds is 3. The molecular formula is C14H12FN3. The standard InChI is InChI=1S/C14H12FN3/c1-10-8-17-5-4-14(10)18-9-12-3-2-11(7-16)6-13(12)15/h2-6,8H,9H2,1H3,(H,17,18). The highest BCUT2D eigenvalue weighted by atomic mass is 19.1. The molecule has 1 N–H and O–H groups in total. The minimum atomic E-state index is -0.367. The first-order valence-corrected chi connectivity index (χ1v) is 5.53. The first-order valence-electron chi connectivity index (χ1n) is 5.53. The molecule has 2 aromatic rings. The van der Waals surface area contributed by atoms with Crippen LogP contribution in [0.4, 0.5) is 10.1 Å². The predicted molar refractivity (Wildman–Crippen MR) is 67.4 cm³/mol. The molecule has 0 aliphatic carbocycles. The zero-order valence-corrected chi connectivity index (χ0v) is 9.94. The van der Waals surface area contributed by atoms with Gasteiger partial charge >= 0.3 is 0 Å². The Morgan fingerprint density at radius 2 is 2.22 bits per heavy atom. The molecule has 0 aliphatic rings. The monoisotopic (exact) mass is 241 g/mol. The van der Waals surface area contributed by atoms with Gasteiger partial charge in [0.25, 0.3) is 0 Å². The van der Waals surface area contributed by atoms with Gasteiger partial charge in [0.15, 0.2) is 0 Å². The van der Waals surface area contributed by atoms with Gasteiger partial charge in [0.1, 0.15) is 5.82 Å². The second kappa shape index (κ2) is 5.28. The van der Waals surface area contributed by atoms with E-state index in [0.717, 1.165) is 11.3 Å². The van der Waals surface area contributed by atoms with Crippen LogP contribution in [0.15, 0.2) is 36.7 Å². The summed E-state index contributed by atoms with van der Waals surface area (Å²) in [6.45, 7) is 2.31. The summed E-state index contributed by atoms with van der Waals surface area (Å²) < 4.78 is 13.6. The average molecular weight is 241 g/mol. The number of nitriles is 1. The van der Waals surface area contributed by atoms with Gasteiger partial charge in [0, 0.05) is 30.2 Å². The molecule has 0 saturated heterocycles. The van der Waals surface area contributed by atoms with Gasteiger partial charge in [-0.15, -0.1) is 0 Å². The second-order valence-electron chi connectivity index (χ2n) is 3.96. The van der Waals surface area contributed by atoms with Crippen molar-refractivity contribution in [1.29, 1.82) is 5.26 Å². The van der Waals surface area contributed by atoms with Gasteiger partial charge in [-0.3, -0.25) is 4.98 Å². The summed E-state index contributed by atoms with van der Waals surface area (Å²) in [5.74, 6) is -0.367. The summed E-state index contributed by atoms with van der Waals surface area (Å²) in [5.41, 5.74) is 2.79. The minimum Gasteiger partial charge on any atom is -0.381 e. The van der Waals surface area contributed by atoms with Gasteiger partial charge in [-0.05, 0) is 30.7 Å². The number of pyridine rings is 1. The van der Waals surface area contributed by atoms with E-state index < -0.39 is 0 Å². The molecule has 0 aliphatic heterocycles. The zero-order valence-electron chi connectivity index (χ0n) is 9.94. The second-order valence-corrected chi connectivity index (χ2v) is 3.96. The highest BCUT2D eigenvalue weighted by molar-refractivity contribution is 5.49. The topological polar surface area (TPSA) is 48.7 Å². The van der Waals surface area contributed by atoms with E-state index >= 15 is 0 Å². The molecule has 2 rings (SSSR count).